The molecule has 0 heterocycles. The van der Waals surface area contributed by atoms with E-state index in [9.17, 15) is 9.59 Å². The van der Waals surface area contributed by atoms with Gasteiger partial charge in [0.05, 0.1) is 13.2 Å². The number of ether oxygens (including phenoxy) is 1. The van der Waals surface area contributed by atoms with Gasteiger partial charge in [0.2, 0.25) is 0 Å². The highest BCUT2D eigenvalue weighted by molar-refractivity contribution is 6.05. The summed E-state index contributed by atoms with van der Waals surface area (Å²) in [5, 5.41) is 14.3. The minimum Gasteiger partial charge on any atom is -0.493 e. The van der Waals surface area contributed by atoms with Gasteiger partial charge in [0.15, 0.2) is 0 Å². The fourth-order valence-electron chi connectivity index (χ4n) is 3.40. The summed E-state index contributed by atoms with van der Waals surface area (Å²) < 4.78 is 5.78. The van der Waals surface area contributed by atoms with E-state index < -0.39 is 11.8 Å². The second-order valence-electron chi connectivity index (χ2n) is 8.42. The summed E-state index contributed by atoms with van der Waals surface area (Å²) >= 11 is 0. The summed E-state index contributed by atoms with van der Waals surface area (Å²) in [4.78, 5) is 25.5. The van der Waals surface area contributed by atoms with Gasteiger partial charge in [-0.1, -0.05) is 68.4 Å². The molecule has 0 bridgehead atoms. The van der Waals surface area contributed by atoms with Crippen LogP contribution in [0.5, 0.6) is 5.75 Å². The Bertz CT molecular complexity index is 1120. The van der Waals surface area contributed by atoms with Crippen LogP contribution < -0.4 is 15.4 Å². The second-order valence-corrected chi connectivity index (χ2v) is 8.42. The predicted octanol–water partition coefficient (Wildman–Crippen LogP) is 4.31. The molecule has 0 saturated heterocycles. The van der Waals surface area contributed by atoms with E-state index in [1.165, 1.54) is 11.1 Å². The van der Waals surface area contributed by atoms with Gasteiger partial charge in [-0.25, -0.2) is 0 Å². The lowest BCUT2D eigenvalue weighted by Crippen LogP contribution is -2.36. The maximum Gasteiger partial charge on any atom is 0.267 e. The molecule has 35 heavy (non-hydrogen) atoms. The summed E-state index contributed by atoms with van der Waals surface area (Å²) in [6.07, 6.45) is 2.41. The van der Waals surface area contributed by atoms with Crippen molar-refractivity contribution in [1.29, 1.82) is 0 Å². The summed E-state index contributed by atoms with van der Waals surface area (Å²) in [7, 11) is 0. The fourth-order valence-corrected chi connectivity index (χ4v) is 3.40. The largest absolute Gasteiger partial charge is 0.493 e. The lowest BCUT2D eigenvalue weighted by Gasteiger charge is -2.12. The molecule has 3 aromatic carbocycles. The minimum atomic E-state index is -0.471. The zero-order valence-electron chi connectivity index (χ0n) is 20.2. The smallest absolute Gasteiger partial charge is 0.267 e. The van der Waals surface area contributed by atoms with E-state index in [-0.39, 0.29) is 18.8 Å². The summed E-state index contributed by atoms with van der Waals surface area (Å²) in [5.41, 5.74) is 3.66. The van der Waals surface area contributed by atoms with Gasteiger partial charge in [-0.15, -0.1) is 0 Å². The highest BCUT2D eigenvalue weighted by atomic mass is 16.5. The molecule has 0 atom stereocenters. The molecule has 6 nitrogen and oxygen atoms in total. The SMILES string of the molecule is CC(C)c1ccc(/C=C(/NC(=O)c2ccc(OCCc3ccccc3)cc2)C(=O)NCCO)cc1. The standard InChI is InChI=1S/C29H32N2O4/c1-21(2)24-10-8-23(9-11-24)20-27(29(34)30-17-18-32)31-28(33)25-12-14-26(15-13-25)35-19-16-22-6-4-3-5-7-22/h3-15,20-21,32H,16-19H2,1-2H3,(H,30,34)(H,31,33)/b27-20+. The molecular weight excluding hydrogens is 440 g/mol. The van der Waals surface area contributed by atoms with E-state index >= 15 is 0 Å². The highest BCUT2D eigenvalue weighted by Crippen LogP contribution is 2.17. The molecule has 0 fully saturated rings. The Morgan fingerprint density at radius 2 is 1.63 bits per heavy atom. The van der Waals surface area contributed by atoms with Crippen molar-refractivity contribution in [2.75, 3.05) is 19.8 Å². The molecule has 0 saturated carbocycles. The number of carbonyl (C=O) groups excluding carboxylic acids is 2. The number of hydrogen-bond acceptors (Lipinski definition) is 4. The zero-order valence-corrected chi connectivity index (χ0v) is 20.2. The number of hydrogen-bond donors (Lipinski definition) is 3. The molecule has 0 spiro atoms. The maximum atomic E-state index is 12.9. The van der Waals surface area contributed by atoms with Gasteiger partial charge in [-0.3, -0.25) is 9.59 Å². The third-order valence-electron chi connectivity index (χ3n) is 5.42. The van der Waals surface area contributed by atoms with Gasteiger partial charge >= 0.3 is 0 Å². The van der Waals surface area contributed by atoms with Crippen LogP contribution in [0.3, 0.4) is 0 Å². The number of aliphatic hydroxyl groups is 1. The van der Waals surface area contributed by atoms with Crippen LogP contribution in [-0.2, 0) is 11.2 Å². The Hall–Kier alpha value is -3.90. The number of aliphatic hydroxyl groups excluding tert-OH is 1. The molecule has 6 heteroatoms. The Morgan fingerprint density at radius 3 is 2.26 bits per heavy atom. The van der Waals surface area contributed by atoms with Crippen molar-refractivity contribution >= 4 is 17.9 Å². The third-order valence-corrected chi connectivity index (χ3v) is 5.42. The Morgan fingerprint density at radius 1 is 0.943 bits per heavy atom. The zero-order chi connectivity index (χ0) is 25.0. The van der Waals surface area contributed by atoms with Crippen LogP contribution >= 0.6 is 0 Å². The quantitative estimate of drug-likeness (QED) is 0.363. The van der Waals surface area contributed by atoms with Gasteiger partial charge in [0.1, 0.15) is 11.4 Å². The van der Waals surface area contributed by atoms with Crippen molar-refractivity contribution in [2.24, 2.45) is 0 Å². The summed E-state index contributed by atoms with van der Waals surface area (Å²) in [6.45, 7) is 4.65. The highest BCUT2D eigenvalue weighted by Gasteiger charge is 2.15. The maximum absolute atomic E-state index is 12.9. The number of carbonyl (C=O) groups is 2. The van der Waals surface area contributed by atoms with E-state index in [2.05, 4.69) is 36.6 Å². The van der Waals surface area contributed by atoms with Gasteiger partial charge < -0.3 is 20.5 Å². The molecule has 3 N–H and O–H groups in total. The van der Waals surface area contributed by atoms with Crippen LogP contribution in [0.2, 0.25) is 0 Å². The average Bonchev–Trinajstić information content (AvgIpc) is 2.88. The van der Waals surface area contributed by atoms with Crippen LogP contribution in [0.1, 0.15) is 46.8 Å². The molecule has 0 aliphatic rings. The molecule has 0 aliphatic heterocycles. The molecule has 0 unspecified atom stereocenters. The molecule has 182 valence electrons. The summed E-state index contributed by atoms with van der Waals surface area (Å²) in [6, 6.07) is 24.7. The Balaban J connectivity index is 1.66. The first-order valence-electron chi connectivity index (χ1n) is 11.7. The van der Waals surface area contributed by atoms with E-state index in [4.69, 9.17) is 9.84 Å². The summed E-state index contributed by atoms with van der Waals surface area (Å²) in [5.74, 6) is 0.177. The molecular formula is C29H32N2O4. The minimum absolute atomic E-state index is 0.0906. The molecule has 3 aromatic rings. The van der Waals surface area contributed by atoms with Gasteiger partial charge in [-0.2, -0.15) is 0 Å². The first kappa shape index (κ1) is 25.7. The Labute approximate surface area is 206 Å². The van der Waals surface area contributed by atoms with Crippen molar-refractivity contribution in [2.45, 2.75) is 26.2 Å². The fraction of sp³-hybridized carbons (Fsp3) is 0.241. The molecule has 2 amide bonds. The molecule has 0 aromatic heterocycles. The Kier molecular flexibility index (Phi) is 9.63. The first-order chi connectivity index (χ1) is 17.0. The van der Waals surface area contributed by atoms with Crippen molar-refractivity contribution in [3.63, 3.8) is 0 Å². The molecule has 3 rings (SSSR count). The number of rotatable bonds is 11. The average molecular weight is 473 g/mol. The number of nitrogens with one attached hydrogen (secondary N) is 2. The van der Waals surface area contributed by atoms with Crippen LogP contribution in [0.25, 0.3) is 6.08 Å². The van der Waals surface area contributed by atoms with Crippen molar-refractivity contribution in [3.05, 3.63) is 107 Å². The van der Waals surface area contributed by atoms with Crippen molar-refractivity contribution < 1.29 is 19.4 Å². The van der Waals surface area contributed by atoms with E-state index in [0.717, 1.165) is 12.0 Å². The topological polar surface area (TPSA) is 87.7 Å². The molecule has 0 radical (unpaired) electrons. The van der Waals surface area contributed by atoms with E-state index in [0.29, 0.717) is 23.8 Å². The van der Waals surface area contributed by atoms with Gasteiger partial charge in [0, 0.05) is 18.5 Å². The van der Waals surface area contributed by atoms with Crippen LogP contribution in [0.4, 0.5) is 0 Å². The van der Waals surface area contributed by atoms with E-state index in [1.807, 2.05) is 42.5 Å². The molecule has 0 aliphatic carbocycles. The number of amides is 2. The van der Waals surface area contributed by atoms with Gasteiger partial charge in [0.25, 0.3) is 11.8 Å². The van der Waals surface area contributed by atoms with Crippen LogP contribution in [0.15, 0.2) is 84.6 Å². The van der Waals surface area contributed by atoms with Crippen molar-refractivity contribution in [1.82, 2.24) is 10.6 Å². The predicted molar refractivity (Wildman–Crippen MR) is 138 cm³/mol. The second kappa shape index (κ2) is 13.1. The van der Waals surface area contributed by atoms with Crippen LogP contribution in [-0.4, -0.2) is 36.7 Å². The first-order valence-corrected chi connectivity index (χ1v) is 11.7. The van der Waals surface area contributed by atoms with Gasteiger partial charge in [-0.05, 0) is 52.9 Å². The monoisotopic (exact) mass is 472 g/mol. The van der Waals surface area contributed by atoms with E-state index in [1.54, 1.807) is 30.3 Å². The number of benzene rings is 3. The van der Waals surface area contributed by atoms with Crippen molar-refractivity contribution in [3.8, 4) is 5.75 Å². The van der Waals surface area contributed by atoms with Crippen LogP contribution in [0, 0.1) is 0 Å². The lowest BCUT2D eigenvalue weighted by molar-refractivity contribution is -0.117. The normalized spacial score (nSPS) is 11.3. The lowest BCUT2D eigenvalue weighted by atomic mass is 10.0. The third kappa shape index (κ3) is 8.12.